The smallest absolute Gasteiger partial charge is 0.258 e. The summed E-state index contributed by atoms with van der Waals surface area (Å²) >= 11 is 0. The molecular weight excluding hydrogens is 601 g/mol. The first-order chi connectivity index (χ1) is 20.1. The third kappa shape index (κ3) is 9.60. The Kier molecular flexibility index (Phi) is 11.9. The Bertz CT molecular complexity index is 1450. The molecule has 0 fully saturated rings. The number of sulfonamides is 2. The highest BCUT2D eigenvalue weighted by molar-refractivity contribution is 7.92. The van der Waals surface area contributed by atoms with Crippen molar-refractivity contribution < 1.29 is 40.6 Å². The van der Waals surface area contributed by atoms with E-state index in [0.717, 1.165) is 29.1 Å². The van der Waals surface area contributed by atoms with E-state index in [0.29, 0.717) is 19.4 Å². The number of aliphatic hydroxyl groups is 1. The second-order valence-electron chi connectivity index (χ2n) is 11.1. The molecule has 2 N–H and O–H groups in total. The monoisotopic (exact) mass is 643 g/mol. The van der Waals surface area contributed by atoms with Gasteiger partial charge in [0.15, 0.2) is 0 Å². The number of benzene rings is 2. The van der Waals surface area contributed by atoms with E-state index >= 15 is 0 Å². The largest absolute Gasteiger partial charge is 0.490 e. The van der Waals surface area contributed by atoms with E-state index in [1.807, 2.05) is 13.8 Å². The highest BCUT2D eigenvalue weighted by Gasteiger charge is 2.32. The molecule has 2 aromatic carbocycles. The van der Waals surface area contributed by atoms with E-state index in [9.17, 15) is 31.1 Å². The maximum atomic E-state index is 14.1. The van der Waals surface area contributed by atoms with Crippen LogP contribution in [0.15, 0.2) is 47.4 Å². The summed E-state index contributed by atoms with van der Waals surface area (Å²) in [6.07, 6.45) is 2.19. The molecule has 1 amide bonds. The highest BCUT2D eigenvalue weighted by atomic mass is 32.2. The summed E-state index contributed by atoms with van der Waals surface area (Å²) in [5.41, 5.74) is 0.309. The van der Waals surface area contributed by atoms with Crippen LogP contribution < -0.4 is 9.46 Å². The molecule has 0 aliphatic carbocycles. The average Bonchev–Trinajstić information content (AvgIpc) is 2.93. The van der Waals surface area contributed by atoms with Crippen molar-refractivity contribution in [2.24, 2.45) is 5.92 Å². The maximum Gasteiger partial charge on any atom is 0.258 e. The first kappa shape index (κ1) is 34.7. The van der Waals surface area contributed by atoms with Crippen LogP contribution in [0.4, 0.5) is 10.1 Å². The molecule has 43 heavy (non-hydrogen) atoms. The number of hydrogen-bond donors (Lipinski definition) is 2. The van der Waals surface area contributed by atoms with Gasteiger partial charge in [0.2, 0.25) is 20.0 Å². The zero-order valence-electron chi connectivity index (χ0n) is 25.2. The van der Waals surface area contributed by atoms with E-state index in [-0.39, 0.29) is 47.7 Å². The molecule has 240 valence electrons. The lowest BCUT2D eigenvalue weighted by molar-refractivity contribution is -0.00833. The highest BCUT2D eigenvalue weighted by Crippen LogP contribution is 2.29. The number of carbonyl (C=O) groups is 1. The van der Waals surface area contributed by atoms with Gasteiger partial charge in [-0.15, -0.1) is 0 Å². The van der Waals surface area contributed by atoms with Gasteiger partial charge in [0.25, 0.3) is 5.91 Å². The quantitative estimate of drug-likeness (QED) is 0.446. The predicted octanol–water partition coefficient (Wildman–Crippen LogP) is 3.31. The summed E-state index contributed by atoms with van der Waals surface area (Å²) in [7, 11) is -6.16. The average molecular weight is 644 g/mol. The number of halogens is 1. The molecule has 4 atom stereocenters. The zero-order valence-corrected chi connectivity index (χ0v) is 26.8. The normalized spacial score (nSPS) is 21.9. The van der Waals surface area contributed by atoms with Gasteiger partial charge in [-0.05, 0) is 75.6 Å². The molecule has 2 aromatic rings. The molecule has 1 aliphatic rings. The van der Waals surface area contributed by atoms with Gasteiger partial charge < -0.3 is 19.5 Å². The van der Waals surface area contributed by atoms with Crippen LogP contribution in [-0.4, -0.2) is 94.9 Å². The molecule has 1 heterocycles. The molecule has 11 nitrogen and oxygen atoms in total. The summed E-state index contributed by atoms with van der Waals surface area (Å²) in [6.45, 7) is 5.45. The van der Waals surface area contributed by atoms with E-state index in [1.165, 1.54) is 36.2 Å². The Labute approximate surface area is 254 Å². The Hall–Kier alpha value is -2.78. The molecule has 3 rings (SSSR count). The van der Waals surface area contributed by atoms with Crippen LogP contribution in [0.25, 0.3) is 0 Å². The van der Waals surface area contributed by atoms with Gasteiger partial charge in [-0.2, -0.15) is 4.31 Å². The molecule has 0 saturated carbocycles. The second kappa shape index (κ2) is 14.8. The lowest BCUT2D eigenvalue weighted by Crippen LogP contribution is -2.48. The lowest BCUT2D eigenvalue weighted by atomic mass is 10.0. The maximum absolute atomic E-state index is 14.1. The van der Waals surface area contributed by atoms with Crippen molar-refractivity contribution in [3.05, 3.63) is 53.8 Å². The van der Waals surface area contributed by atoms with Gasteiger partial charge >= 0.3 is 0 Å². The van der Waals surface area contributed by atoms with Gasteiger partial charge in [0.05, 0.1) is 41.6 Å². The lowest BCUT2D eigenvalue weighted by Gasteiger charge is -2.35. The van der Waals surface area contributed by atoms with E-state index in [1.54, 1.807) is 13.0 Å². The number of rotatable bonds is 8. The number of carbonyl (C=O) groups excluding carboxylic acids is 1. The first-order valence-electron chi connectivity index (χ1n) is 14.2. The second-order valence-corrected chi connectivity index (χ2v) is 14.9. The number of hydrogen-bond acceptors (Lipinski definition) is 8. The van der Waals surface area contributed by atoms with Gasteiger partial charge in [0, 0.05) is 38.3 Å². The third-order valence-corrected chi connectivity index (χ3v) is 9.76. The summed E-state index contributed by atoms with van der Waals surface area (Å²) in [5, 5.41) is 10.1. The Morgan fingerprint density at radius 2 is 1.79 bits per heavy atom. The molecule has 14 heteroatoms. The van der Waals surface area contributed by atoms with Crippen LogP contribution in [0.5, 0.6) is 5.75 Å². The number of amides is 1. The first-order valence-corrected chi connectivity index (χ1v) is 17.5. The summed E-state index contributed by atoms with van der Waals surface area (Å²) in [4.78, 5) is 15.5. The summed E-state index contributed by atoms with van der Waals surface area (Å²) < 4.78 is 79.6. The standard InChI is InChI=1S/C29H42FN3O8S2/c1-20-17-33(21(2)19-34)29(35)26-16-24(31-42(5,36)37)11-14-27(26)41-22(3)8-6-7-15-40-28(20)18-32(4)43(38,39)25-12-9-23(30)10-13-25/h9-14,16,20-22,28,31,34H,6-8,15,17-19H2,1-5H3/t20-,21+,22-,28-/m1/s1. The van der Waals surface area contributed by atoms with Crippen molar-refractivity contribution >= 4 is 31.6 Å². The molecule has 0 spiro atoms. The number of likely N-dealkylation sites (N-methyl/N-ethyl adjacent to an activating group) is 1. The van der Waals surface area contributed by atoms with Gasteiger partial charge in [0.1, 0.15) is 11.6 Å². The Balaban J connectivity index is 1.98. The van der Waals surface area contributed by atoms with Crippen LogP contribution in [0.2, 0.25) is 0 Å². The van der Waals surface area contributed by atoms with Crippen LogP contribution in [-0.2, 0) is 24.8 Å². The van der Waals surface area contributed by atoms with Crippen molar-refractivity contribution in [1.29, 1.82) is 0 Å². The number of aliphatic hydroxyl groups excluding tert-OH is 1. The topological polar surface area (TPSA) is 143 Å². The van der Waals surface area contributed by atoms with E-state index < -0.39 is 49.8 Å². The van der Waals surface area contributed by atoms with Crippen molar-refractivity contribution in [3.8, 4) is 5.75 Å². The van der Waals surface area contributed by atoms with Crippen LogP contribution in [0.1, 0.15) is 50.4 Å². The number of fused-ring (bicyclic) bond motifs is 1. The Morgan fingerprint density at radius 1 is 1.12 bits per heavy atom. The van der Waals surface area contributed by atoms with Gasteiger partial charge in [-0.3, -0.25) is 9.52 Å². The zero-order chi connectivity index (χ0) is 31.9. The van der Waals surface area contributed by atoms with E-state index in [4.69, 9.17) is 9.47 Å². The number of nitrogens with zero attached hydrogens (tertiary/aromatic N) is 2. The summed E-state index contributed by atoms with van der Waals surface area (Å²) in [5.74, 6) is -1.15. The molecule has 0 bridgehead atoms. The SMILES string of the molecule is C[C@@H]1CCCCO[C@H](CN(C)S(=O)(=O)c2ccc(F)cc2)[C@H](C)CN([C@@H](C)CO)C(=O)c2cc(NS(C)(=O)=O)ccc2O1. The fourth-order valence-corrected chi connectivity index (χ4v) is 6.54. The molecule has 0 unspecified atom stereocenters. The predicted molar refractivity (Wildman–Crippen MR) is 162 cm³/mol. The fraction of sp³-hybridized carbons (Fsp3) is 0.552. The van der Waals surface area contributed by atoms with Crippen molar-refractivity contribution in [3.63, 3.8) is 0 Å². The number of nitrogens with one attached hydrogen (secondary N) is 1. The van der Waals surface area contributed by atoms with Gasteiger partial charge in [-0.25, -0.2) is 21.2 Å². The minimum atomic E-state index is -3.96. The minimum absolute atomic E-state index is 0.0328. The van der Waals surface area contributed by atoms with Crippen LogP contribution >= 0.6 is 0 Å². The van der Waals surface area contributed by atoms with Crippen LogP contribution in [0.3, 0.4) is 0 Å². The molecule has 1 aliphatic heterocycles. The number of anilines is 1. The summed E-state index contributed by atoms with van der Waals surface area (Å²) in [6, 6.07) is 8.42. The third-order valence-electron chi connectivity index (χ3n) is 7.31. The molecule has 0 radical (unpaired) electrons. The fourth-order valence-electron chi connectivity index (χ4n) is 4.80. The minimum Gasteiger partial charge on any atom is -0.490 e. The van der Waals surface area contributed by atoms with Crippen molar-refractivity contribution in [2.45, 2.75) is 63.2 Å². The molecular formula is C29H42FN3O8S2. The number of ether oxygens (including phenoxy) is 2. The molecule has 0 saturated heterocycles. The van der Waals surface area contributed by atoms with Gasteiger partial charge in [-0.1, -0.05) is 6.92 Å². The van der Waals surface area contributed by atoms with Crippen molar-refractivity contribution in [2.75, 3.05) is 44.3 Å². The van der Waals surface area contributed by atoms with Crippen LogP contribution in [0, 0.1) is 11.7 Å². The Morgan fingerprint density at radius 3 is 2.42 bits per heavy atom. The van der Waals surface area contributed by atoms with Crippen molar-refractivity contribution in [1.82, 2.24) is 9.21 Å². The van der Waals surface area contributed by atoms with E-state index in [2.05, 4.69) is 4.72 Å². The molecule has 0 aromatic heterocycles.